The van der Waals surface area contributed by atoms with Crippen LogP contribution in [0.4, 0.5) is 0 Å². The molecule has 0 aliphatic heterocycles. The van der Waals surface area contributed by atoms with E-state index in [9.17, 15) is 10.4 Å². The highest BCUT2D eigenvalue weighted by molar-refractivity contribution is 7.99. The van der Waals surface area contributed by atoms with E-state index in [0.717, 1.165) is 16.6 Å². The van der Waals surface area contributed by atoms with E-state index in [-0.39, 0.29) is 17.1 Å². The Kier molecular flexibility index (Phi) is 5.66. The number of fused-ring (bicyclic) bond motifs is 1. The number of thioether (sulfide) groups is 1. The van der Waals surface area contributed by atoms with Gasteiger partial charge in [0, 0.05) is 0 Å². The molecule has 0 unspecified atom stereocenters. The predicted molar refractivity (Wildman–Crippen MR) is 125 cm³/mol. The zero-order valence-corrected chi connectivity index (χ0v) is 18.2. The number of nitrogens with one attached hydrogen (secondary N) is 1. The number of para-hydroxylation sites is 2. The van der Waals surface area contributed by atoms with Crippen LogP contribution in [0, 0.1) is 11.3 Å². The standard InChI is InChI=1S/C24H18N6O2S/c25-13-17(22-26-18-9-4-5-10-19(18)27-22)20(31)15-33-24-29-28-23(21-11-6-12-32-21)30(24)14-16-7-2-1-3-8-16/h1-12,31H,14-15H2,(H,26,27)/b20-17-. The molecule has 0 aliphatic rings. The minimum atomic E-state index is -0.0876. The second kappa shape index (κ2) is 9.06. The number of benzene rings is 2. The van der Waals surface area contributed by atoms with Crippen LogP contribution in [-0.2, 0) is 6.54 Å². The van der Waals surface area contributed by atoms with Gasteiger partial charge in [0.25, 0.3) is 0 Å². The molecule has 0 amide bonds. The molecule has 0 saturated carbocycles. The smallest absolute Gasteiger partial charge is 0.200 e. The van der Waals surface area contributed by atoms with Crippen molar-refractivity contribution in [1.82, 2.24) is 24.7 Å². The molecule has 0 aliphatic carbocycles. The van der Waals surface area contributed by atoms with Gasteiger partial charge in [0.1, 0.15) is 17.4 Å². The molecule has 0 radical (unpaired) electrons. The van der Waals surface area contributed by atoms with Crippen molar-refractivity contribution in [3.63, 3.8) is 0 Å². The number of aliphatic hydroxyl groups is 1. The zero-order chi connectivity index (χ0) is 22.6. The summed E-state index contributed by atoms with van der Waals surface area (Å²) < 4.78 is 7.46. The highest BCUT2D eigenvalue weighted by Crippen LogP contribution is 2.28. The van der Waals surface area contributed by atoms with Crippen LogP contribution in [0.1, 0.15) is 11.4 Å². The number of rotatable bonds is 7. The van der Waals surface area contributed by atoms with Crippen LogP contribution in [0.2, 0.25) is 0 Å². The van der Waals surface area contributed by atoms with Crippen molar-refractivity contribution >= 4 is 28.4 Å². The minimum Gasteiger partial charge on any atom is -0.510 e. The number of H-pyrrole nitrogens is 1. The Hall–Kier alpha value is -4.29. The topological polar surface area (TPSA) is 117 Å². The third-order valence-corrected chi connectivity index (χ3v) is 5.98. The lowest BCUT2D eigenvalue weighted by molar-refractivity contribution is 0.420. The Morgan fingerprint density at radius 1 is 1.06 bits per heavy atom. The number of imidazole rings is 1. The van der Waals surface area contributed by atoms with Crippen molar-refractivity contribution in [2.24, 2.45) is 0 Å². The van der Waals surface area contributed by atoms with Crippen LogP contribution in [0.25, 0.3) is 28.2 Å². The van der Waals surface area contributed by atoms with Gasteiger partial charge in [-0.05, 0) is 29.8 Å². The summed E-state index contributed by atoms with van der Waals surface area (Å²) in [5.74, 6) is 1.57. The van der Waals surface area contributed by atoms with Gasteiger partial charge in [0.15, 0.2) is 16.7 Å². The molecule has 162 valence electrons. The fraction of sp³-hybridized carbons (Fsp3) is 0.0833. The number of nitriles is 1. The minimum absolute atomic E-state index is 0.0876. The van der Waals surface area contributed by atoms with Crippen molar-refractivity contribution in [2.45, 2.75) is 11.7 Å². The fourth-order valence-electron chi connectivity index (χ4n) is 3.42. The molecule has 33 heavy (non-hydrogen) atoms. The molecule has 0 bridgehead atoms. The van der Waals surface area contributed by atoms with E-state index in [1.807, 2.05) is 65.2 Å². The number of hydrogen-bond acceptors (Lipinski definition) is 7. The van der Waals surface area contributed by atoms with E-state index >= 15 is 0 Å². The fourth-order valence-corrected chi connectivity index (χ4v) is 4.24. The van der Waals surface area contributed by atoms with Crippen molar-refractivity contribution < 1.29 is 9.52 Å². The van der Waals surface area contributed by atoms with E-state index in [1.165, 1.54) is 11.8 Å². The second-order valence-electron chi connectivity index (χ2n) is 7.18. The summed E-state index contributed by atoms with van der Waals surface area (Å²) in [6.45, 7) is 0.533. The Balaban J connectivity index is 1.44. The molecular formula is C24H18N6O2S. The van der Waals surface area contributed by atoms with Crippen LogP contribution in [0.3, 0.4) is 0 Å². The van der Waals surface area contributed by atoms with Crippen LogP contribution in [-0.4, -0.2) is 35.6 Å². The Bertz CT molecular complexity index is 1430. The van der Waals surface area contributed by atoms with E-state index in [0.29, 0.717) is 29.1 Å². The van der Waals surface area contributed by atoms with E-state index < -0.39 is 0 Å². The quantitative estimate of drug-likeness (QED) is 0.201. The molecular weight excluding hydrogens is 436 g/mol. The van der Waals surface area contributed by atoms with Gasteiger partial charge in [-0.1, -0.05) is 54.2 Å². The molecule has 2 N–H and O–H groups in total. The molecule has 0 atom stereocenters. The number of aromatic amines is 1. The van der Waals surface area contributed by atoms with Crippen LogP contribution in [0.15, 0.2) is 88.3 Å². The lowest BCUT2D eigenvalue weighted by Crippen LogP contribution is -2.04. The molecule has 9 heteroatoms. The van der Waals surface area contributed by atoms with Gasteiger partial charge in [-0.3, -0.25) is 4.57 Å². The summed E-state index contributed by atoms with van der Waals surface area (Å²) >= 11 is 1.28. The third kappa shape index (κ3) is 4.24. The Labute approximate surface area is 193 Å². The van der Waals surface area contributed by atoms with E-state index in [2.05, 4.69) is 26.2 Å². The van der Waals surface area contributed by atoms with Gasteiger partial charge in [0.2, 0.25) is 5.82 Å². The monoisotopic (exact) mass is 454 g/mol. The number of aromatic nitrogens is 5. The van der Waals surface area contributed by atoms with Crippen molar-refractivity contribution in [3.05, 3.63) is 90.1 Å². The second-order valence-corrected chi connectivity index (χ2v) is 8.12. The first kappa shape index (κ1) is 20.6. The summed E-state index contributed by atoms with van der Waals surface area (Å²) in [5, 5.41) is 29.6. The average Bonchev–Trinajstić information content (AvgIpc) is 3.59. The molecule has 5 aromatic rings. The summed E-state index contributed by atoms with van der Waals surface area (Å²) in [5.41, 5.74) is 2.70. The molecule has 0 saturated heterocycles. The van der Waals surface area contributed by atoms with Crippen LogP contribution >= 0.6 is 11.8 Å². The van der Waals surface area contributed by atoms with E-state index in [1.54, 1.807) is 12.3 Å². The predicted octanol–water partition coefficient (Wildman–Crippen LogP) is 5.05. The van der Waals surface area contributed by atoms with Gasteiger partial charge in [-0.25, -0.2) is 4.98 Å². The number of allylic oxidation sites excluding steroid dienone is 1. The molecule has 2 aromatic carbocycles. The molecule has 5 rings (SSSR count). The normalized spacial score (nSPS) is 12.0. The largest absolute Gasteiger partial charge is 0.510 e. The van der Waals surface area contributed by atoms with Crippen molar-refractivity contribution in [3.8, 4) is 17.7 Å². The Morgan fingerprint density at radius 3 is 2.64 bits per heavy atom. The third-order valence-electron chi connectivity index (χ3n) is 5.01. The summed E-state index contributed by atoms with van der Waals surface area (Å²) in [7, 11) is 0. The van der Waals surface area contributed by atoms with Gasteiger partial charge in [-0.2, -0.15) is 5.26 Å². The maximum atomic E-state index is 10.7. The number of nitrogens with zero attached hydrogens (tertiary/aromatic N) is 5. The maximum absolute atomic E-state index is 10.7. The highest BCUT2D eigenvalue weighted by Gasteiger charge is 2.19. The summed E-state index contributed by atoms with van der Waals surface area (Å²) in [6, 6.07) is 23.1. The number of hydrogen-bond donors (Lipinski definition) is 2. The summed E-state index contributed by atoms with van der Waals surface area (Å²) in [4.78, 5) is 7.51. The number of aliphatic hydroxyl groups excluding tert-OH is 1. The van der Waals surface area contributed by atoms with Crippen molar-refractivity contribution in [2.75, 3.05) is 5.75 Å². The molecule has 3 aromatic heterocycles. The van der Waals surface area contributed by atoms with E-state index in [4.69, 9.17) is 4.42 Å². The van der Waals surface area contributed by atoms with Gasteiger partial charge in [-0.15, -0.1) is 10.2 Å². The number of furan rings is 1. The Morgan fingerprint density at radius 2 is 1.88 bits per heavy atom. The van der Waals surface area contributed by atoms with Crippen LogP contribution in [0.5, 0.6) is 0 Å². The van der Waals surface area contributed by atoms with Crippen molar-refractivity contribution in [1.29, 1.82) is 5.26 Å². The molecule has 0 fully saturated rings. The van der Waals surface area contributed by atoms with Gasteiger partial charge in [0.05, 0.1) is 29.6 Å². The van der Waals surface area contributed by atoms with Crippen LogP contribution < -0.4 is 0 Å². The molecule has 3 heterocycles. The average molecular weight is 455 g/mol. The first-order valence-corrected chi connectivity index (χ1v) is 11.1. The van der Waals surface area contributed by atoms with Gasteiger partial charge >= 0.3 is 0 Å². The maximum Gasteiger partial charge on any atom is 0.200 e. The lowest BCUT2D eigenvalue weighted by atomic mass is 10.2. The highest BCUT2D eigenvalue weighted by atomic mass is 32.2. The molecule has 0 spiro atoms. The SMILES string of the molecule is N#C/C(=C(/O)CSc1nnc(-c2ccco2)n1Cc1ccccc1)c1nc2ccccc2[nH]1. The summed E-state index contributed by atoms with van der Waals surface area (Å²) in [6.07, 6.45) is 1.59. The first-order chi connectivity index (χ1) is 16.2. The lowest BCUT2D eigenvalue weighted by Gasteiger charge is -2.09. The first-order valence-electron chi connectivity index (χ1n) is 10.1. The van der Waals surface area contributed by atoms with Gasteiger partial charge < -0.3 is 14.5 Å². The molecule has 8 nitrogen and oxygen atoms in total. The zero-order valence-electron chi connectivity index (χ0n) is 17.3.